The third kappa shape index (κ3) is 1.71. The van der Waals surface area contributed by atoms with E-state index in [1.807, 2.05) is 11.3 Å². The van der Waals surface area contributed by atoms with Gasteiger partial charge in [0, 0.05) is 9.75 Å². The quantitative estimate of drug-likeness (QED) is 0.658. The summed E-state index contributed by atoms with van der Waals surface area (Å²) in [6, 6.07) is 2.41. The average Bonchev–Trinajstić information content (AvgIpc) is 2.59. The minimum absolute atomic E-state index is 0.740. The first-order valence-corrected chi connectivity index (χ1v) is 5.92. The molecule has 0 nitrogen and oxygen atoms in total. The zero-order valence-electron chi connectivity index (χ0n) is 8.34. The lowest BCUT2D eigenvalue weighted by Crippen LogP contribution is -1.87. The van der Waals surface area contributed by atoms with Crippen molar-refractivity contribution in [2.24, 2.45) is 0 Å². The fourth-order valence-corrected chi connectivity index (χ4v) is 2.95. The van der Waals surface area contributed by atoms with Crippen molar-refractivity contribution in [3.05, 3.63) is 27.5 Å². The van der Waals surface area contributed by atoms with Crippen molar-refractivity contribution in [1.82, 2.24) is 0 Å². The van der Waals surface area contributed by atoms with Gasteiger partial charge in [0.15, 0.2) is 0 Å². The minimum Gasteiger partial charge on any atom is -0.140 e. The molecule has 0 N–H and O–H groups in total. The SMILES string of the molecule is CCC(C)c1cc2c(s1)C=CCC2. The maximum Gasteiger partial charge on any atom is 0.0302 e. The van der Waals surface area contributed by atoms with Gasteiger partial charge < -0.3 is 0 Å². The van der Waals surface area contributed by atoms with Crippen LogP contribution in [0, 0.1) is 0 Å². The zero-order chi connectivity index (χ0) is 9.26. The Morgan fingerprint density at radius 1 is 1.54 bits per heavy atom. The highest BCUT2D eigenvalue weighted by Gasteiger charge is 2.12. The Morgan fingerprint density at radius 3 is 3.08 bits per heavy atom. The second-order valence-corrected chi connectivity index (χ2v) is 4.90. The normalized spacial score (nSPS) is 17.1. The largest absolute Gasteiger partial charge is 0.140 e. The number of rotatable bonds is 2. The van der Waals surface area contributed by atoms with Gasteiger partial charge in [0.2, 0.25) is 0 Å². The van der Waals surface area contributed by atoms with Crippen molar-refractivity contribution in [3.63, 3.8) is 0 Å². The first-order valence-electron chi connectivity index (χ1n) is 5.10. The highest BCUT2D eigenvalue weighted by Crippen LogP contribution is 2.33. The van der Waals surface area contributed by atoms with Crippen LogP contribution >= 0.6 is 11.3 Å². The maximum atomic E-state index is 2.41. The molecule has 0 fully saturated rings. The Labute approximate surface area is 84.3 Å². The molecule has 1 heterocycles. The van der Waals surface area contributed by atoms with E-state index in [1.165, 1.54) is 24.1 Å². The predicted molar refractivity (Wildman–Crippen MR) is 60.4 cm³/mol. The van der Waals surface area contributed by atoms with Gasteiger partial charge in [-0.25, -0.2) is 0 Å². The van der Waals surface area contributed by atoms with E-state index in [1.54, 1.807) is 10.4 Å². The monoisotopic (exact) mass is 192 g/mol. The molecule has 0 saturated carbocycles. The van der Waals surface area contributed by atoms with Crippen LogP contribution in [-0.2, 0) is 6.42 Å². The van der Waals surface area contributed by atoms with Crippen LogP contribution in [-0.4, -0.2) is 0 Å². The van der Waals surface area contributed by atoms with Gasteiger partial charge in [0.1, 0.15) is 0 Å². The second kappa shape index (κ2) is 3.67. The summed E-state index contributed by atoms with van der Waals surface area (Å²) < 4.78 is 0. The Kier molecular flexibility index (Phi) is 2.54. The average molecular weight is 192 g/mol. The van der Waals surface area contributed by atoms with E-state index in [2.05, 4.69) is 32.1 Å². The number of hydrogen-bond donors (Lipinski definition) is 0. The molecule has 1 unspecified atom stereocenters. The summed E-state index contributed by atoms with van der Waals surface area (Å²) in [5.41, 5.74) is 1.57. The lowest BCUT2D eigenvalue weighted by Gasteiger charge is -2.02. The molecule has 0 aromatic carbocycles. The Hall–Kier alpha value is -0.560. The summed E-state index contributed by atoms with van der Waals surface area (Å²) in [7, 11) is 0. The zero-order valence-corrected chi connectivity index (χ0v) is 9.16. The van der Waals surface area contributed by atoms with Gasteiger partial charge in [0.25, 0.3) is 0 Å². The first kappa shape index (κ1) is 9.01. The Morgan fingerprint density at radius 2 is 2.38 bits per heavy atom. The molecule has 70 valence electrons. The number of allylic oxidation sites excluding steroid dienone is 1. The maximum absolute atomic E-state index is 2.41. The standard InChI is InChI=1S/C12H16S/c1-3-9(2)12-8-10-6-4-5-7-11(10)13-12/h5,7-9H,3-4,6H2,1-2H3. The second-order valence-electron chi connectivity index (χ2n) is 3.79. The van der Waals surface area contributed by atoms with E-state index in [0.29, 0.717) is 0 Å². The highest BCUT2D eigenvalue weighted by molar-refractivity contribution is 7.13. The molecule has 1 atom stereocenters. The number of aryl methyl sites for hydroxylation is 1. The van der Waals surface area contributed by atoms with E-state index in [9.17, 15) is 0 Å². The van der Waals surface area contributed by atoms with E-state index in [4.69, 9.17) is 0 Å². The van der Waals surface area contributed by atoms with E-state index in [0.717, 1.165) is 5.92 Å². The third-order valence-electron chi connectivity index (χ3n) is 2.81. The number of thiophene rings is 1. The summed E-state index contributed by atoms with van der Waals surface area (Å²) in [5.74, 6) is 0.740. The van der Waals surface area contributed by atoms with Crippen molar-refractivity contribution in [2.45, 2.75) is 39.0 Å². The molecule has 0 aliphatic heterocycles. The fourth-order valence-electron chi connectivity index (χ4n) is 1.67. The van der Waals surface area contributed by atoms with Crippen LogP contribution in [0.5, 0.6) is 0 Å². The van der Waals surface area contributed by atoms with Crippen LogP contribution in [0.1, 0.15) is 47.9 Å². The fraction of sp³-hybridized carbons (Fsp3) is 0.500. The smallest absolute Gasteiger partial charge is 0.0302 e. The van der Waals surface area contributed by atoms with Crippen molar-refractivity contribution in [3.8, 4) is 0 Å². The van der Waals surface area contributed by atoms with E-state index in [-0.39, 0.29) is 0 Å². The summed E-state index contributed by atoms with van der Waals surface area (Å²) in [6.07, 6.45) is 8.31. The molecule has 1 aromatic rings. The Balaban J connectivity index is 2.31. The molecule has 0 amide bonds. The van der Waals surface area contributed by atoms with Gasteiger partial charge in [0.05, 0.1) is 0 Å². The van der Waals surface area contributed by atoms with Gasteiger partial charge in [-0.3, -0.25) is 0 Å². The van der Waals surface area contributed by atoms with Gasteiger partial charge in [-0.1, -0.05) is 19.9 Å². The third-order valence-corrected chi connectivity index (χ3v) is 4.18. The number of hydrogen-bond acceptors (Lipinski definition) is 1. The van der Waals surface area contributed by atoms with E-state index >= 15 is 0 Å². The highest BCUT2D eigenvalue weighted by atomic mass is 32.1. The molecular formula is C12H16S. The molecule has 0 saturated heterocycles. The van der Waals surface area contributed by atoms with Gasteiger partial charge >= 0.3 is 0 Å². The number of fused-ring (bicyclic) bond motifs is 1. The van der Waals surface area contributed by atoms with Crippen LogP contribution in [0.15, 0.2) is 12.1 Å². The topological polar surface area (TPSA) is 0 Å². The van der Waals surface area contributed by atoms with Crippen LogP contribution in [0.2, 0.25) is 0 Å². The molecule has 2 rings (SSSR count). The van der Waals surface area contributed by atoms with Crippen molar-refractivity contribution >= 4 is 17.4 Å². The van der Waals surface area contributed by atoms with Gasteiger partial charge in [-0.15, -0.1) is 11.3 Å². The van der Waals surface area contributed by atoms with Gasteiger partial charge in [-0.05, 0) is 42.9 Å². The van der Waals surface area contributed by atoms with Gasteiger partial charge in [-0.2, -0.15) is 0 Å². The van der Waals surface area contributed by atoms with Crippen molar-refractivity contribution < 1.29 is 0 Å². The Bertz CT molecular complexity index is 320. The molecule has 0 radical (unpaired) electrons. The van der Waals surface area contributed by atoms with Crippen molar-refractivity contribution in [2.75, 3.05) is 0 Å². The lowest BCUT2D eigenvalue weighted by atomic mass is 10.0. The van der Waals surface area contributed by atoms with E-state index < -0.39 is 0 Å². The summed E-state index contributed by atoms with van der Waals surface area (Å²) >= 11 is 1.98. The molecular weight excluding hydrogens is 176 g/mol. The predicted octanol–water partition coefficient (Wildman–Crippen LogP) is 4.22. The molecule has 1 heteroatoms. The molecule has 0 bridgehead atoms. The minimum atomic E-state index is 0.740. The van der Waals surface area contributed by atoms with Crippen LogP contribution in [0.3, 0.4) is 0 Å². The molecule has 13 heavy (non-hydrogen) atoms. The lowest BCUT2D eigenvalue weighted by molar-refractivity contribution is 0.747. The van der Waals surface area contributed by atoms with Crippen molar-refractivity contribution in [1.29, 1.82) is 0 Å². The van der Waals surface area contributed by atoms with Crippen LogP contribution < -0.4 is 0 Å². The first-order chi connectivity index (χ1) is 6.31. The van der Waals surface area contributed by atoms with Crippen LogP contribution in [0.25, 0.3) is 6.08 Å². The van der Waals surface area contributed by atoms with Crippen LogP contribution in [0.4, 0.5) is 0 Å². The summed E-state index contributed by atoms with van der Waals surface area (Å²) in [6.45, 7) is 4.58. The molecule has 0 spiro atoms. The molecule has 1 aliphatic rings. The molecule has 1 aliphatic carbocycles. The summed E-state index contributed by atoms with van der Waals surface area (Å²) in [5, 5.41) is 0. The summed E-state index contributed by atoms with van der Waals surface area (Å²) in [4.78, 5) is 3.07. The molecule has 1 aromatic heterocycles.